The highest BCUT2D eigenvalue weighted by molar-refractivity contribution is 8.24. The lowest BCUT2D eigenvalue weighted by Gasteiger charge is -2.31. The van der Waals surface area contributed by atoms with Crippen LogP contribution < -0.4 is 9.47 Å². The van der Waals surface area contributed by atoms with E-state index in [2.05, 4.69) is 18.2 Å². The van der Waals surface area contributed by atoms with Crippen LogP contribution in [0.5, 0.6) is 11.5 Å². The molecule has 0 radical (unpaired) electrons. The fourth-order valence-electron chi connectivity index (χ4n) is 10.3. The summed E-state index contributed by atoms with van der Waals surface area (Å²) in [7, 11) is 0. The van der Waals surface area contributed by atoms with Crippen molar-refractivity contribution in [2.24, 2.45) is 28.7 Å². The van der Waals surface area contributed by atoms with Gasteiger partial charge in [-0.15, -0.1) is 0 Å². The summed E-state index contributed by atoms with van der Waals surface area (Å²) in [5, 5.41) is 1.09. The zero-order chi connectivity index (χ0) is 51.0. The lowest BCUT2D eigenvalue weighted by atomic mass is 9.82. The number of esters is 6. The molecule has 0 saturated heterocycles. The summed E-state index contributed by atoms with van der Waals surface area (Å²) in [6.07, 6.45) is 17.2. The van der Waals surface area contributed by atoms with Crippen molar-refractivity contribution >= 4 is 81.9 Å². The monoisotopic (exact) mass is 1040 g/mol. The predicted octanol–water partition coefficient (Wildman–Crippen LogP) is 9.07. The first-order valence-corrected chi connectivity index (χ1v) is 26.7. The summed E-state index contributed by atoms with van der Waals surface area (Å²) in [6, 6.07) is 7.25. The molecule has 73 heavy (non-hydrogen) atoms. The van der Waals surface area contributed by atoms with Gasteiger partial charge in [0.1, 0.15) is 18.0 Å². The molecule has 0 unspecified atom stereocenters. The number of carbonyl (C=O) groups is 7. The number of hydrogen-bond donors (Lipinski definition) is 0. The van der Waals surface area contributed by atoms with Gasteiger partial charge >= 0.3 is 35.8 Å². The number of amidine groups is 1. The SMILES string of the molecule is C=CC(=O)OCOC1CCC(OC(=O)C2CCC(C(=O)Oc3c4c(c(OC(=O)C5CCC(C(=O)OC6CCC(OCOC(=O)C=C)CC6)CC5)c5ccccc35)SC(=C3N=C5C=CC=CN5C3=O)S4)CC2)CC1. The first-order chi connectivity index (χ1) is 35.5. The van der Waals surface area contributed by atoms with Gasteiger partial charge < -0.3 is 37.9 Å². The van der Waals surface area contributed by atoms with Crippen LogP contribution in [0.15, 0.2) is 98.7 Å². The van der Waals surface area contributed by atoms with E-state index in [0.717, 1.165) is 12.2 Å². The standard InChI is InChI=1S/C54H58N2O15S2/c1-3-42(57)66-29-64-35-20-24-37(25-21-35)68-50(60)31-12-16-33(17-13-31)52(62)70-45-39-9-5-6-10-40(39)46(48-47(45)72-54(73-48)44-49(59)56-28-8-7-11-41(56)55-44)71-53(63)34-18-14-32(15-19-34)51(61)69-38-26-22-36(23-27-38)65-30-67-43(58)4-2/h3-11,28,31-38H,1-2,12-27,29-30H2. The topological polar surface area (TPSA) is 209 Å². The second kappa shape index (κ2) is 23.9. The summed E-state index contributed by atoms with van der Waals surface area (Å²) in [6.45, 7) is 6.44. The van der Waals surface area contributed by atoms with Crippen LogP contribution >= 0.6 is 23.5 Å². The number of aliphatic imine (C=N–C) groups is 1. The van der Waals surface area contributed by atoms with E-state index in [-0.39, 0.29) is 84.9 Å². The quantitative estimate of drug-likeness (QED) is 0.0505. The van der Waals surface area contributed by atoms with E-state index in [1.165, 1.54) is 28.4 Å². The average Bonchev–Trinajstić information content (AvgIpc) is 4.01. The smallest absolute Gasteiger partial charge is 0.332 e. The number of allylic oxidation sites excluding steroid dienone is 2. The molecule has 3 aliphatic heterocycles. The van der Waals surface area contributed by atoms with Gasteiger partial charge in [0, 0.05) is 29.1 Å². The van der Waals surface area contributed by atoms with Gasteiger partial charge in [-0.1, -0.05) is 67.0 Å². The number of hydrogen-bond acceptors (Lipinski definition) is 18. The molecule has 2 aromatic carbocycles. The van der Waals surface area contributed by atoms with Gasteiger partial charge in [0.2, 0.25) is 0 Å². The van der Waals surface area contributed by atoms with Gasteiger partial charge in [-0.05, 0) is 115 Å². The minimum Gasteiger partial charge on any atom is -0.462 e. The maximum Gasteiger partial charge on any atom is 0.332 e. The Hall–Kier alpha value is -6.02. The number of thioether (sulfide) groups is 2. The van der Waals surface area contributed by atoms with Crippen molar-refractivity contribution in [1.82, 2.24) is 4.90 Å². The fourth-order valence-corrected chi connectivity index (χ4v) is 12.9. The Bertz CT molecular complexity index is 2500. The third kappa shape index (κ3) is 12.3. The highest BCUT2D eigenvalue weighted by atomic mass is 32.2. The summed E-state index contributed by atoms with van der Waals surface area (Å²) < 4.78 is 46.3. The molecule has 0 N–H and O–H groups in total. The van der Waals surface area contributed by atoms with Crippen LogP contribution in [0, 0.1) is 23.7 Å². The number of rotatable bonds is 16. The van der Waals surface area contributed by atoms with Crippen molar-refractivity contribution in [1.29, 1.82) is 0 Å². The number of carbonyl (C=O) groups excluding carboxylic acids is 7. The summed E-state index contributed by atoms with van der Waals surface area (Å²) in [4.78, 5) is 98.6. The molecule has 0 spiro atoms. The Labute approximate surface area is 431 Å². The normalized spacial score (nSPS) is 26.5. The molecule has 19 heteroatoms. The molecule has 0 atom stereocenters. The largest absolute Gasteiger partial charge is 0.462 e. The maximum atomic E-state index is 14.2. The number of nitrogens with zero attached hydrogens (tertiary/aromatic N) is 2. The van der Waals surface area contributed by atoms with E-state index < -0.39 is 35.7 Å². The Morgan fingerprint density at radius 3 is 1.40 bits per heavy atom. The molecule has 4 aliphatic carbocycles. The Morgan fingerprint density at radius 2 is 0.986 bits per heavy atom. The predicted molar refractivity (Wildman–Crippen MR) is 266 cm³/mol. The average molecular weight is 1040 g/mol. The molecule has 3 heterocycles. The van der Waals surface area contributed by atoms with Gasteiger partial charge in [-0.3, -0.25) is 28.9 Å². The van der Waals surface area contributed by atoms with Crippen molar-refractivity contribution in [2.45, 2.75) is 137 Å². The minimum atomic E-state index is -0.552. The van der Waals surface area contributed by atoms with E-state index in [4.69, 9.17) is 37.9 Å². The molecular weight excluding hydrogens is 981 g/mol. The first kappa shape index (κ1) is 51.9. The Kier molecular flexibility index (Phi) is 17.0. The third-order valence-electron chi connectivity index (χ3n) is 14.4. The Morgan fingerprint density at radius 1 is 0.575 bits per heavy atom. The van der Waals surface area contributed by atoms with E-state index >= 15 is 0 Å². The first-order valence-electron chi connectivity index (χ1n) is 25.1. The van der Waals surface area contributed by atoms with E-state index in [9.17, 15) is 33.6 Å². The molecule has 7 aliphatic rings. The second-order valence-electron chi connectivity index (χ2n) is 19.1. The van der Waals surface area contributed by atoms with Crippen LogP contribution in [-0.2, 0) is 62.0 Å². The van der Waals surface area contributed by atoms with Gasteiger partial charge in [0.05, 0.1) is 49.9 Å². The van der Waals surface area contributed by atoms with Crippen LogP contribution in [-0.4, -0.2) is 90.5 Å². The molecular formula is C54H58N2O15S2. The van der Waals surface area contributed by atoms with Gasteiger partial charge in [-0.25, -0.2) is 14.6 Å². The summed E-state index contributed by atoms with van der Waals surface area (Å²) in [5.74, 6) is -3.49. The van der Waals surface area contributed by atoms with Crippen molar-refractivity contribution in [3.05, 3.63) is 83.9 Å². The molecule has 2 aromatic rings. The zero-order valence-electron chi connectivity index (χ0n) is 40.4. The van der Waals surface area contributed by atoms with Crippen LogP contribution in [0.2, 0.25) is 0 Å². The van der Waals surface area contributed by atoms with Gasteiger partial charge in [-0.2, -0.15) is 0 Å². The highest BCUT2D eigenvalue weighted by Crippen LogP contribution is 2.62. The van der Waals surface area contributed by atoms with E-state index in [0.29, 0.717) is 133 Å². The van der Waals surface area contributed by atoms with Crippen molar-refractivity contribution in [2.75, 3.05) is 13.6 Å². The molecule has 4 saturated carbocycles. The fraction of sp³-hybridized carbons (Fsp3) is 0.481. The molecule has 9 rings (SSSR count). The zero-order valence-corrected chi connectivity index (χ0v) is 42.0. The van der Waals surface area contributed by atoms with Crippen LogP contribution in [0.4, 0.5) is 0 Å². The van der Waals surface area contributed by atoms with Crippen molar-refractivity contribution in [3.8, 4) is 11.5 Å². The number of benzene rings is 2. The number of fused-ring (bicyclic) bond motifs is 3. The number of ether oxygens (including phenoxy) is 8. The molecule has 386 valence electrons. The summed E-state index contributed by atoms with van der Waals surface area (Å²) in [5.41, 5.74) is 0.215. The summed E-state index contributed by atoms with van der Waals surface area (Å²) >= 11 is 2.48. The molecule has 0 bridgehead atoms. The van der Waals surface area contributed by atoms with E-state index in [1.54, 1.807) is 24.4 Å². The molecule has 1 amide bonds. The Balaban J connectivity index is 0.842. The molecule has 17 nitrogen and oxygen atoms in total. The van der Waals surface area contributed by atoms with Crippen molar-refractivity contribution in [3.63, 3.8) is 0 Å². The third-order valence-corrected chi connectivity index (χ3v) is 17.0. The minimum absolute atomic E-state index is 0.0953. The highest BCUT2D eigenvalue weighted by Gasteiger charge is 2.41. The number of amides is 1. The lowest BCUT2D eigenvalue weighted by molar-refractivity contribution is -0.165. The van der Waals surface area contributed by atoms with Crippen LogP contribution in [0.1, 0.15) is 103 Å². The molecule has 4 fully saturated rings. The van der Waals surface area contributed by atoms with E-state index in [1.807, 2.05) is 24.3 Å². The van der Waals surface area contributed by atoms with Gasteiger partial charge in [0.25, 0.3) is 5.91 Å². The molecule has 0 aromatic heterocycles. The van der Waals surface area contributed by atoms with Crippen molar-refractivity contribution < 1.29 is 71.5 Å². The second-order valence-corrected chi connectivity index (χ2v) is 21.4. The lowest BCUT2D eigenvalue weighted by Crippen LogP contribution is -2.33. The van der Waals surface area contributed by atoms with Crippen LogP contribution in [0.3, 0.4) is 0 Å². The maximum absolute atomic E-state index is 14.2. The van der Waals surface area contributed by atoms with Crippen LogP contribution in [0.25, 0.3) is 10.8 Å². The van der Waals surface area contributed by atoms with Gasteiger partial charge in [0.15, 0.2) is 30.8 Å².